The van der Waals surface area contributed by atoms with Gasteiger partial charge in [-0.05, 0) is 18.4 Å². The third-order valence-electron chi connectivity index (χ3n) is 5.39. The van der Waals surface area contributed by atoms with Crippen LogP contribution in [0.15, 0.2) is 12.1 Å². The zero-order valence-corrected chi connectivity index (χ0v) is 15.7. The van der Waals surface area contributed by atoms with Crippen molar-refractivity contribution in [2.24, 2.45) is 5.92 Å². The summed E-state index contributed by atoms with van der Waals surface area (Å²) in [6.07, 6.45) is 8.01. The molecule has 1 aliphatic carbocycles. The maximum Gasteiger partial charge on any atom is 0.324 e. The number of piperazine rings is 1. The predicted molar refractivity (Wildman–Crippen MR) is 99.3 cm³/mol. The highest BCUT2D eigenvalue weighted by Crippen LogP contribution is 2.28. The Morgan fingerprint density at radius 3 is 2.35 bits per heavy atom. The molecule has 0 bridgehead atoms. The zero-order chi connectivity index (χ0) is 18.5. The van der Waals surface area contributed by atoms with Crippen molar-refractivity contribution >= 4 is 28.2 Å². The number of rotatable bonds is 5. The number of thiophene rings is 1. The Morgan fingerprint density at radius 2 is 1.73 bits per heavy atom. The van der Waals surface area contributed by atoms with E-state index < -0.39 is 4.92 Å². The minimum Gasteiger partial charge on any atom is -0.339 e. The molecule has 26 heavy (non-hydrogen) atoms. The molecule has 1 aliphatic heterocycles. The lowest BCUT2D eigenvalue weighted by molar-refractivity contribution is -0.380. The smallest absolute Gasteiger partial charge is 0.324 e. The van der Waals surface area contributed by atoms with E-state index in [1.807, 2.05) is 4.90 Å². The van der Waals surface area contributed by atoms with Crippen molar-refractivity contribution in [3.63, 3.8) is 0 Å². The van der Waals surface area contributed by atoms with Crippen LogP contribution in [-0.4, -0.2) is 52.7 Å². The zero-order valence-electron chi connectivity index (χ0n) is 14.9. The van der Waals surface area contributed by atoms with Crippen LogP contribution in [-0.2, 0) is 4.79 Å². The summed E-state index contributed by atoms with van der Waals surface area (Å²) in [5.41, 5.74) is 0. The molecule has 2 heterocycles. The highest BCUT2D eigenvalue weighted by Gasteiger charge is 2.27. The van der Waals surface area contributed by atoms with E-state index in [2.05, 4.69) is 0 Å². The Kier molecular flexibility index (Phi) is 6.24. The van der Waals surface area contributed by atoms with Crippen LogP contribution in [0.2, 0.25) is 0 Å². The van der Waals surface area contributed by atoms with Gasteiger partial charge in [0.25, 0.3) is 5.91 Å². The molecule has 7 nitrogen and oxygen atoms in total. The molecule has 8 heteroatoms. The van der Waals surface area contributed by atoms with Crippen LogP contribution in [0.3, 0.4) is 0 Å². The fraction of sp³-hybridized carbons (Fsp3) is 0.667. The van der Waals surface area contributed by atoms with Gasteiger partial charge in [0.15, 0.2) is 0 Å². The second-order valence-electron chi connectivity index (χ2n) is 7.11. The maximum absolute atomic E-state index is 12.5. The molecule has 0 spiro atoms. The molecule has 3 rings (SSSR count). The van der Waals surface area contributed by atoms with E-state index in [0.717, 1.165) is 17.8 Å². The van der Waals surface area contributed by atoms with Crippen LogP contribution in [0, 0.1) is 16.0 Å². The highest BCUT2D eigenvalue weighted by atomic mass is 32.1. The third-order valence-corrected chi connectivity index (χ3v) is 6.42. The Labute approximate surface area is 157 Å². The minimum absolute atomic E-state index is 0.0233. The SMILES string of the molecule is O=C(CCC1CCCCC1)N1CCN(C(=O)c2ccc([N+](=O)[O-])s2)CC1. The molecule has 142 valence electrons. The fourth-order valence-electron chi connectivity index (χ4n) is 3.82. The molecule has 2 fully saturated rings. The minimum atomic E-state index is -0.482. The Morgan fingerprint density at radius 1 is 1.08 bits per heavy atom. The number of amides is 2. The maximum atomic E-state index is 12.5. The van der Waals surface area contributed by atoms with Gasteiger partial charge < -0.3 is 9.80 Å². The lowest BCUT2D eigenvalue weighted by Gasteiger charge is -2.35. The van der Waals surface area contributed by atoms with Gasteiger partial charge in [-0.25, -0.2) is 0 Å². The van der Waals surface area contributed by atoms with E-state index in [0.29, 0.717) is 43.4 Å². The summed E-state index contributed by atoms with van der Waals surface area (Å²) in [6, 6.07) is 2.87. The third kappa shape index (κ3) is 4.60. The van der Waals surface area contributed by atoms with Gasteiger partial charge in [-0.3, -0.25) is 19.7 Å². The molecule has 0 N–H and O–H groups in total. The van der Waals surface area contributed by atoms with Crippen molar-refractivity contribution in [1.82, 2.24) is 9.80 Å². The van der Waals surface area contributed by atoms with Crippen LogP contribution >= 0.6 is 11.3 Å². The predicted octanol–water partition coefficient (Wildman–Crippen LogP) is 3.30. The first-order valence-electron chi connectivity index (χ1n) is 9.36. The molecule has 2 amide bonds. The molecule has 0 atom stereocenters. The largest absolute Gasteiger partial charge is 0.339 e. The Bertz CT molecular complexity index is 661. The first-order chi connectivity index (χ1) is 12.5. The quantitative estimate of drug-likeness (QED) is 0.580. The van der Waals surface area contributed by atoms with E-state index in [9.17, 15) is 19.7 Å². The lowest BCUT2D eigenvalue weighted by Crippen LogP contribution is -2.50. The average molecular weight is 379 g/mol. The normalized spacial score (nSPS) is 18.8. The fourth-order valence-corrected chi connectivity index (χ4v) is 4.61. The molecule has 0 aromatic carbocycles. The van der Waals surface area contributed by atoms with Crippen molar-refractivity contribution < 1.29 is 14.5 Å². The topological polar surface area (TPSA) is 83.8 Å². The second-order valence-corrected chi connectivity index (χ2v) is 8.17. The van der Waals surface area contributed by atoms with Crippen LogP contribution in [0.25, 0.3) is 0 Å². The number of nitrogens with zero attached hydrogens (tertiary/aromatic N) is 3. The van der Waals surface area contributed by atoms with Gasteiger partial charge in [-0.1, -0.05) is 43.4 Å². The van der Waals surface area contributed by atoms with Gasteiger partial charge in [0.1, 0.15) is 0 Å². The molecule has 1 aromatic rings. The lowest BCUT2D eigenvalue weighted by atomic mass is 9.86. The van der Waals surface area contributed by atoms with Crippen molar-refractivity contribution in [1.29, 1.82) is 0 Å². The summed E-state index contributed by atoms with van der Waals surface area (Å²) in [5.74, 6) is 0.706. The summed E-state index contributed by atoms with van der Waals surface area (Å²) < 4.78 is 0. The summed E-state index contributed by atoms with van der Waals surface area (Å²) >= 11 is 0.903. The van der Waals surface area contributed by atoms with Crippen LogP contribution in [0.1, 0.15) is 54.6 Å². The summed E-state index contributed by atoms with van der Waals surface area (Å²) in [7, 11) is 0. The van der Waals surface area contributed by atoms with Crippen LogP contribution < -0.4 is 0 Å². The van der Waals surface area contributed by atoms with Gasteiger partial charge in [-0.15, -0.1) is 0 Å². The van der Waals surface area contributed by atoms with E-state index in [1.165, 1.54) is 44.2 Å². The van der Waals surface area contributed by atoms with Crippen LogP contribution in [0.5, 0.6) is 0 Å². The molecular formula is C18H25N3O4S. The van der Waals surface area contributed by atoms with Crippen molar-refractivity contribution in [2.75, 3.05) is 26.2 Å². The second kappa shape index (κ2) is 8.62. The molecule has 1 saturated carbocycles. The molecular weight excluding hydrogens is 354 g/mol. The number of hydrogen-bond donors (Lipinski definition) is 0. The number of carbonyl (C=O) groups excluding carboxylic acids is 2. The van der Waals surface area contributed by atoms with E-state index in [-0.39, 0.29) is 16.8 Å². The highest BCUT2D eigenvalue weighted by molar-refractivity contribution is 7.17. The van der Waals surface area contributed by atoms with Gasteiger partial charge in [0.2, 0.25) is 5.91 Å². The van der Waals surface area contributed by atoms with Crippen molar-refractivity contribution in [2.45, 2.75) is 44.9 Å². The Hall–Kier alpha value is -1.96. The number of carbonyl (C=O) groups is 2. The molecule has 0 unspecified atom stereocenters. The van der Waals surface area contributed by atoms with E-state index >= 15 is 0 Å². The van der Waals surface area contributed by atoms with Crippen molar-refractivity contribution in [3.8, 4) is 0 Å². The molecule has 1 saturated heterocycles. The van der Waals surface area contributed by atoms with E-state index in [4.69, 9.17) is 0 Å². The average Bonchev–Trinajstić information content (AvgIpc) is 3.17. The molecule has 0 radical (unpaired) electrons. The van der Waals surface area contributed by atoms with Crippen molar-refractivity contribution in [3.05, 3.63) is 27.1 Å². The van der Waals surface area contributed by atoms with Gasteiger partial charge in [0.05, 0.1) is 9.80 Å². The molecule has 2 aliphatic rings. The summed E-state index contributed by atoms with van der Waals surface area (Å²) in [4.78, 5) is 39.1. The van der Waals surface area contributed by atoms with Gasteiger partial charge in [0, 0.05) is 38.7 Å². The first kappa shape index (κ1) is 18.8. The number of nitro groups is 1. The van der Waals surface area contributed by atoms with Gasteiger partial charge in [-0.2, -0.15) is 0 Å². The molecule has 1 aromatic heterocycles. The van der Waals surface area contributed by atoms with Gasteiger partial charge >= 0.3 is 5.00 Å². The summed E-state index contributed by atoms with van der Waals surface area (Å²) in [5, 5.41) is 10.7. The van der Waals surface area contributed by atoms with Crippen LogP contribution in [0.4, 0.5) is 5.00 Å². The summed E-state index contributed by atoms with van der Waals surface area (Å²) in [6.45, 7) is 2.06. The standard InChI is InChI=1S/C18H25N3O4S/c22-16(8-6-14-4-2-1-3-5-14)19-10-12-20(13-11-19)18(23)15-7-9-17(26-15)21(24)25/h7,9,14H,1-6,8,10-13H2. The van der Waals surface area contributed by atoms with E-state index in [1.54, 1.807) is 4.90 Å². The number of hydrogen-bond acceptors (Lipinski definition) is 5. The Balaban J connectivity index is 1.44. The monoisotopic (exact) mass is 379 g/mol. The first-order valence-corrected chi connectivity index (χ1v) is 10.2.